The normalized spacial score (nSPS) is 10.9. The number of benzene rings is 2. The Balaban J connectivity index is 2.14. The van der Waals surface area contributed by atoms with E-state index in [2.05, 4.69) is 31.9 Å². The van der Waals surface area contributed by atoms with E-state index in [4.69, 9.17) is 0 Å². The highest BCUT2D eigenvalue weighted by molar-refractivity contribution is 9.10. The average molecular weight is 491 g/mol. The first-order chi connectivity index (χ1) is 11.7. The van der Waals surface area contributed by atoms with Gasteiger partial charge in [-0.05, 0) is 47.5 Å². The van der Waals surface area contributed by atoms with Gasteiger partial charge < -0.3 is 9.80 Å². The molecule has 0 amide bonds. The van der Waals surface area contributed by atoms with E-state index in [1.807, 2.05) is 40.3 Å². The molecule has 2 rings (SSSR count). The molecule has 25 heavy (non-hydrogen) atoms. The van der Waals surface area contributed by atoms with Crippen molar-refractivity contribution in [1.82, 2.24) is 0 Å². The van der Waals surface area contributed by atoms with Gasteiger partial charge in [-0.2, -0.15) is 0 Å². The second-order valence-electron chi connectivity index (χ2n) is 6.28. The Morgan fingerprint density at radius 2 is 1.12 bits per heavy atom. The molecule has 0 aliphatic rings. The third-order valence-corrected chi connectivity index (χ3v) is 6.86. The maximum absolute atomic E-state index is 14.0. The van der Waals surface area contributed by atoms with Crippen molar-refractivity contribution < 1.29 is 8.78 Å². The summed E-state index contributed by atoms with van der Waals surface area (Å²) in [7, 11) is 7.41. The van der Waals surface area contributed by atoms with E-state index < -0.39 is 0 Å². The van der Waals surface area contributed by atoms with E-state index >= 15 is 0 Å². The lowest BCUT2D eigenvalue weighted by atomic mass is 10.2. The standard InChI is InChI=1S/C18H21Br2F2N2Si/c1-23(2)17-5-11(13(19)7-15(17)21)9-25-10-12-6-18(24(3)4)16(22)8-14(12)20/h5-8,25H,9-10H2,1-4H3. The minimum Gasteiger partial charge on any atom is -0.375 e. The summed E-state index contributed by atoms with van der Waals surface area (Å²) in [6, 6.07) is 8.64. The van der Waals surface area contributed by atoms with Gasteiger partial charge in [-0.25, -0.2) is 8.78 Å². The van der Waals surface area contributed by atoms with Gasteiger partial charge in [0.15, 0.2) is 0 Å². The SMILES string of the molecule is CN(C)c1cc(C[SiH]Cc2cc(N(C)C)c(F)cc2Br)c(Br)cc1F. The average Bonchev–Trinajstić information content (AvgIpc) is 2.50. The molecule has 7 heteroatoms. The van der Waals surface area contributed by atoms with E-state index in [1.54, 1.807) is 9.80 Å². The number of nitrogens with zero attached hydrogens (tertiary/aromatic N) is 2. The van der Waals surface area contributed by atoms with Crippen LogP contribution in [0.4, 0.5) is 20.2 Å². The summed E-state index contributed by atoms with van der Waals surface area (Å²) < 4.78 is 29.5. The lowest BCUT2D eigenvalue weighted by molar-refractivity contribution is 0.624. The quantitative estimate of drug-likeness (QED) is 0.538. The van der Waals surface area contributed by atoms with E-state index in [0.29, 0.717) is 11.4 Å². The molecule has 0 atom stereocenters. The molecule has 0 fully saturated rings. The Morgan fingerprint density at radius 3 is 1.44 bits per heavy atom. The number of rotatable bonds is 6. The van der Waals surface area contributed by atoms with E-state index in [-0.39, 0.29) is 21.2 Å². The van der Waals surface area contributed by atoms with Crippen LogP contribution in [0.1, 0.15) is 11.1 Å². The highest BCUT2D eigenvalue weighted by Crippen LogP contribution is 2.28. The zero-order valence-corrected chi connectivity index (χ0v) is 19.0. The number of anilines is 2. The Kier molecular flexibility index (Phi) is 7.05. The third kappa shape index (κ3) is 5.05. The van der Waals surface area contributed by atoms with Crippen molar-refractivity contribution in [2.45, 2.75) is 12.1 Å². The first-order valence-electron chi connectivity index (χ1n) is 7.83. The molecular weight excluding hydrogens is 470 g/mol. The maximum atomic E-state index is 14.0. The van der Waals surface area contributed by atoms with Crippen LogP contribution in [0.25, 0.3) is 0 Å². The highest BCUT2D eigenvalue weighted by atomic mass is 79.9. The molecule has 0 heterocycles. The highest BCUT2D eigenvalue weighted by Gasteiger charge is 2.12. The van der Waals surface area contributed by atoms with Crippen molar-refractivity contribution in [1.29, 1.82) is 0 Å². The van der Waals surface area contributed by atoms with Gasteiger partial charge in [0.2, 0.25) is 0 Å². The van der Waals surface area contributed by atoms with Gasteiger partial charge in [0.1, 0.15) is 11.6 Å². The zero-order valence-electron chi connectivity index (χ0n) is 14.7. The van der Waals surface area contributed by atoms with Crippen molar-refractivity contribution in [2.24, 2.45) is 0 Å². The van der Waals surface area contributed by atoms with Crippen LogP contribution >= 0.6 is 31.9 Å². The van der Waals surface area contributed by atoms with Crippen molar-refractivity contribution in [3.63, 3.8) is 0 Å². The number of halogens is 4. The lowest BCUT2D eigenvalue weighted by Gasteiger charge is -2.17. The van der Waals surface area contributed by atoms with E-state index in [9.17, 15) is 8.78 Å². The zero-order chi connectivity index (χ0) is 18.7. The molecule has 0 unspecified atom stereocenters. The fourth-order valence-electron chi connectivity index (χ4n) is 2.54. The minimum atomic E-state index is -0.229. The topological polar surface area (TPSA) is 6.48 Å². The van der Waals surface area contributed by atoms with Crippen molar-refractivity contribution in [3.8, 4) is 0 Å². The molecule has 0 spiro atoms. The molecule has 0 N–H and O–H groups in total. The molecule has 0 saturated heterocycles. The Labute approximate surface area is 167 Å². The van der Waals surface area contributed by atoms with Crippen LogP contribution in [-0.2, 0) is 12.1 Å². The molecule has 135 valence electrons. The summed E-state index contributed by atoms with van der Waals surface area (Å²) in [5.41, 5.74) is 3.39. The second kappa shape index (κ2) is 8.64. The van der Waals surface area contributed by atoms with Gasteiger partial charge in [0.25, 0.3) is 0 Å². The number of hydrogen-bond donors (Lipinski definition) is 0. The van der Waals surface area contributed by atoms with Gasteiger partial charge >= 0.3 is 0 Å². The van der Waals surface area contributed by atoms with Crippen molar-refractivity contribution >= 4 is 52.8 Å². The van der Waals surface area contributed by atoms with Gasteiger partial charge in [-0.15, -0.1) is 0 Å². The van der Waals surface area contributed by atoms with Gasteiger partial charge in [-0.1, -0.05) is 31.9 Å². The summed E-state index contributed by atoms with van der Waals surface area (Å²) in [5, 5.41) is 0. The van der Waals surface area contributed by atoms with Gasteiger partial charge in [0, 0.05) is 46.7 Å². The summed E-state index contributed by atoms with van der Waals surface area (Å²) in [6.07, 6.45) is 0. The van der Waals surface area contributed by atoms with Crippen LogP contribution in [0, 0.1) is 11.6 Å². The Morgan fingerprint density at radius 1 is 0.760 bits per heavy atom. The van der Waals surface area contributed by atoms with Crippen molar-refractivity contribution in [2.75, 3.05) is 38.0 Å². The monoisotopic (exact) mass is 489 g/mol. The predicted octanol–water partition coefficient (Wildman–Crippen LogP) is 4.76. The van der Waals surface area contributed by atoms with Crippen LogP contribution in [0.2, 0.25) is 0 Å². The van der Waals surface area contributed by atoms with E-state index in [0.717, 1.165) is 32.2 Å². The summed E-state index contributed by atoms with van der Waals surface area (Å²) in [6.45, 7) is 0. The molecule has 1 radical (unpaired) electrons. The van der Waals surface area contributed by atoms with Crippen LogP contribution in [0.3, 0.4) is 0 Å². The molecule has 2 nitrogen and oxygen atoms in total. The maximum Gasteiger partial charge on any atom is 0.147 e. The van der Waals surface area contributed by atoms with Crippen LogP contribution in [-0.4, -0.2) is 37.7 Å². The summed E-state index contributed by atoms with van der Waals surface area (Å²) in [5.74, 6) is -0.458. The smallest absolute Gasteiger partial charge is 0.147 e. The fourth-order valence-corrected chi connectivity index (χ4v) is 5.54. The van der Waals surface area contributed by atoms with Crippen LogP contribution in [0.15, 0.2) is 33.2 Å². The molecule has 0 aromatic heterocycles. The largest absolute Gasteiger partial charge is 0.375 e. The lowest BCUT2D eigenvalue weighted by Crippen LogP contribution is -2.13. The second-order valence-corrected chi connectivity index (χ2v) is 9.38. The van der Waals surface area contributed by atoms with Gasteiger partial charge in [-0.3, -0.25) is 0 Å². The van der Waals surface area contributed by atoms with Gasteiger partial charge in [0.05, 0.1) is 11.4 Å². The molecule has 0 aliphatic carbocycles. The minimum absolute atomic E-state index is 0.0679. The summed E-state index contributed by atoms with van der Waals surface area (Å²) in [4.78, 5) is 3.56. The molecule has 0 aliphatic heterocycles. The predicted molar refractivity (Wildman–Crippen MR) is 111 cm³/mol. The first-order valence-corrected chi connectivity index (χ1v) is 11.0. The third-order valence-electron chi connectivity index (χ3n) is 3.92. The Hall–Kier alpha value is -0.923. The Bertz CT molecular complexity index is 704. The van der Waals surface area contributed by atoms with E-state index in [1.165, 1.54) is 12.1 Å². The molecule has 2 aromatic rings. The molecular formula is C18H21Br2F2N2Si. The molecule has 0 saturated carbocycles. The number of hydrogen-bond acceptors (Lipinski definition) is 2. The van der Waals surface area contributed by atoms with Crippen LogP contribution in [0.5, 0.6) is 0 Å². The fraction of sp³-hybridized carbons (Fsp3) is 0.333. The molecule has 0 bridgehead atoms. The summed E-state index contributed by atoms with van der Waals surface area (Å²) >= 11 is 6.92. The molecule has 2 aromatic carbocycles. The van der Waals surface area contributed by atoms with Crippen molar-refractivity contribution in [3.05, 3.63) is 56.0 Å². The van der Waals surface area contributed by atoms with Crippen LogP contribution < -0.4 is 9.80 Å². The first kappa shape index (κ1) is 20.4.